The van der Waals surface area contributed by atoms with Gasteiger partial charge in [0.1, 0.15) is 12.4 Å². The minimum Gasteiger partial charge on any atom is -0.465 e. The van der Waals surface area contributed by atoms with Gasteiger partial charge in [0.2, 0.25) is 0 Å². The number of nitrogens with zero attached hydrogens (tertiary/aromatic N) is 1. The van der Waals surface area contributed by atoms with E-state index in [0.29, 0.717) is 12.8 Å². The summed E-state index contributed by atoms with van der Waals surface area (Å²) in [4.78, 5) is 25.2. The minimum absolute atomic E-state index is 0.0171. The molecule has 0 saturated carbocycles. The van der Waals surface area contributed by atoms with Gasteiger partial charge in [-0.1, -0.05) is 23.7 Å². The van der Waals surface area contributed by atoms with Crippen molar-refractivity contribution in [2.45, 2.75) is 18.3 Å². The zero-order valence-electron chi connectivity index (χ0n) is 15.5. The number of nitrogen functional groups attached to an aromatic ring is 2. The Kier molecular flexibility index (Phi) is 5.83. The second-order valence-corrected chi connectivity index (χ2v) is 7.53. The van der Waals surface area contributed by atoms with Crippen molar-refractivity contribution in [3.8, 4) is 0 Å². The van der Waals surface area contributed by atoms with Crippen molar-refractivity contribution in [1.82, 2.24) is 4.90 Å². The van der Waals surface area contributed by atoms with Crippen molar-refractivity contribution in [2.24, 2.45) is 0 Å². The van der Waals surface area contributed by atoms with E-state index in [1.165, 1.54) is 29.2 Å². The number of esters is 1. The highest BCUT2D eigenvalue weighted by Gasteiger charge is 2.39. The number of carbonyl (C=O) groups is 2. The molecule has 0 atom stereocenters. The van der Waals surface area contributed by atoms with Crippen molar-refractivity contribution < 1.29 is 23.8 Å². The number of amides is 1. The van der Waals surface area contributed by atoms with Crippen LogP contribution in [0, 0.1) is 5.82 Å². The molecule has 0 spiro atoms. The number of rotatable bonds is 4. The molecule has 1 aliphatic heterocycles. The van der Waals surface area contributed by atoms with Crippen LogP contribution < -0.4 is 11.5 Å². The molecule has 1 aliphatic rings. The Morgan fingerprint density at radius 1 is 1.17 bits per heavy atom. The molecule has 1 heterocycles. The molecule has 154 valence electrons. The molecule has 9 heteroatoms. The fourth-order valence-corrected chi connectivity index (χ4v) is 3.76. The molecule has 3 rings (SSSR count). The van der Waals surface area contributed by atoms with Gasteiger partial charge in [0.25, 0.3) is 0 Å². The molecule has 0 radical (unpaired) electrons. The number of anilines is 2. The maximum absolute atomic E-state index is 13.4. The maximum Gasteiger partial charge on any atom is 0.407 e. The number of carbonyl (C=O) groups excluding carboxylic acids is 1. The van der Waals surface area contributed by atoms with Gasteiger partial charge in [-0.05, 0) is 42.7 Å². The Bertz CT molecular complexity index is 928. The summed E-state index contributed by atoms with van der Waals surface area (Å²) in [5.41, 5.74) is 12.1. The fourth-order valence-electron chi connectivity index (χ4n) is 3.54. The second-order valence-electron chi connectivity index (χ2n) is 7.09. The van der Waals surface area contributed by atoms with E-state index in [1.807, 2.05) is 0 Å². The first-order valence-electron chi connectivity index (χ1n) is 8.97. The fraction of sp³-hybridized carbons (Fsp3) is 0.300. The van der Waals surface area contributed by atoms with Crippen molar-refractivity contribution in [3.63, 3.8) is 0 Å². The maximum atomic E-state index is 13.4. The van der Waals surface area contributed by atoms with E-state index < -0.39 is 17.5 Å². The van der Waals surface area contributed by atoms with Crippen LogP contribution in [0.3, 0.4) is 0 Å². The van der Waals surface area contributed by atoms with Crippen LogP contribution in [0.1, 0.15) is 28.8 Å². The van der Waals surface area contributed by atoms with E-state index in [-0.39, 0.29) is 47.5 Å². The second kappa shape index (κ2) is 8.16. The smallest absolute Gasteiger partial charge is 0.407 e. The van der Waals surface area contributed by atoms with Crippen LogP contribution in [0.15, 0.2) is 36.4 Å². The van der Waals surface area contributed by atoms with Crippen LogP contribution in [-0.4, -0.2) is 41.8 Å². The molecular weight excluding hydrogens is 401 g/mol. The van der Waals surface area contributed by atoms with Crippen molar-refractivity contribution in [1.29, 1.82) is 0 Å². The van der Waals surface area contributed by atoms with Gasteiger partial charge in [0.05, 0.1) is 16.9 Å². The predicted molar refractivity (Wildman–Crippen MR) is 107 cm³/mol. The van der Waals surface area contributed by atoms with Gasteiger partial charge in [-0.3, -0.25) is 0 Å². The lowest BCUT2D eigenvalue weighted by atomic mass is 9.73. The van der Waals surface area contributed by atoms with Crippen LogP contribution in [0.25, 0.3) is 0 Å². The van der Waals surface area contributed by atoms with Gasteiger partial charge in [-0.15, -0.1) is 0 Å². The Hall–Kier alpha value is -3.00. The molecule has 0 unspecified atom stereocenters. The third-order valence-corrected chi connectivity index (χ3v) is 5.54. The largest absolute Gasteiger partial charge is 0.465 e. The highest BCUT2D eigenvalue weighted by Crippen LogP contribution is 2.37. The van der Waals surface area contributed by atoms with Gasteiger partial charge >= 0.3 is 12.1 Å². The summed E-state index contributed by atoms with van der Waals surface area (Å²) in [5.74, 6) is -1.06. The monoisotopic (exact) mass is 421 g/mol. The summed E-state index contributed by atoms with van der Waals surface area (Å²) in [7, 11) is 0. The van der Waals surface area contributed by atoms with Crippen LogP contribution in [0.5, 0.6) is 0 Å². The zero-order valence-corrected chi connectivity index (χ0v) is 16.3. The normalized spacial score (nSPS) is 15.7. The Labute approximate surface area is 172 Å². The van der Waals surface area contributed by atoms with E-state index in [1.54, 1.807) is 12.1 Å². The number of likely N-dealkylation sites (tertiary alicyclic amines) is 1. The Morgan fingerprint density at radius 2 is 1.79 bits per heavy atom. The predicted octanol–water partition coefficient (Wildman–Crippen LogP) is 3.51. The standard InChI is InChI=1S/C20H21ClFN3O4/c21-13-9-15(17(24)16(23)10-13)18(26)29-11-20(12-1-3-14(22)4-2-12)5-7-25(8-6-20)19(27)28/h1-4,9-10H,5-8,11,23-24H2,(H,27,28). The lowest BCUT2D eigenvalue weighted by molar-refractivity contribution is 0.0296. The summed E-state index contributed by atoms with van der Waals surface area (Å²) < 4.78 is 18.9. The number of hydrogen-bond acceptors (Lipinski definition) is 5. The molecule has 1 saturated heterocycles. The molecule has 0 aliphatic carbocycles. The van der Waals surface area contributed by atoms with Crippen molar-refractivity contribution in [3.05, 3.63) is 58.4 Å². The SMILES string of the molecule is Nc1cc(Cl)cc(C(=O)OCC2(c3ccc(F)cc3)CCN(C(=O)O)CC2)c1N. The molecule has 1 amide bonds. The summed E-state index contributed by atoms with van der Waals surface area (Å²) in [6.45, 7) is 0.532. The molecule has 0 aromatic heterocycles. The molecule has 0 bridgehead atoms. The first-order valence-corrected chi connectivity index (χ1v) is 9.35. The number of ether oxygens (including phenoxy) is 1. The minimum atomic E-state index is -1.00. The zero-order chi connectivity index (χ0) is 21.2. The van der Waals surface area contributed by atoms with Crippen LogP contribution in [0.2, 0.25) is 5.02 Å². The molecule has 1 fully saturated rings. The number of piperidine rings is 1. The van der Waals surface area contributed by atoms with Gasteiger partial charge in [0, 0.05) is 23.5 Å². The van der Waals surface area contributed by atoms with Gasteiger partial charge < -0.3 is 26.2 Å². The Balaban J connectivity index is 1.84. The Morgan fingerprint density at radius 3 is 2.38 bits per heavy atom. The highest BCUT2D eigenvalue weighted by atomic mass is 35.5. The first-order chi connectivity index (χ1) is 13.7. The number of hydrogen-bond donors (Lipinski definition) is 3. The third-order valence-electron chi connectivity index (χ3n) is 5.32. The number of halogens is 2. The topological polar surface area (TPSA) is 119 Å². The molecule has 29 heavy (non-hydrogen) atoms. The van der Waals surface area contributed by atoms with E-state index in [4.69, 9.17) is 27.8 Å². The van der Waals surface area contributed by atoms with Gasteiger partial charge in [0.15, 0.2) is 0 Å². The van der Waals surface area contributed by atoms with Crippen LogP contribution >= 0.6 is 11.6 Å². The average molecular weight is 422 g/mol. The number of nitrogens with two attached hydrogens (primary N) is 2. The van der Waals surface area contributed by atoms with Gasteiger partial charge in [-0.25, -0.2) is 14.0 Å². The molecular formula is C20H21ClFN3O4. The van der Waals surface area contributed by atoms with E-state index in [2.05, 4.69) is 0 Å². The summed E-state index contributed by atoms with van der Waals surface area (Å²) in [6, 6.07) is 8.75. The molecule has 2 aromatic rings. The van der Waals surface area contributed by atoms with E-state index >= 15 is 0 Å². The lowest BCUT2D eigenvalue weighted by Gasteiger charge is -2.40. The van der Waals surface area contributed by atoms with E-state index in [9.17, 15) is 19.1 Å². The number of carboxylic acid groups (broad SMARTS) is 1. The molecule has 2 aromatic carbocycles. The third kappa shape index (κ3) is 4.37. The van der Waals surface area contributed by atoms with Crippen LogP contribution in [0.4, 0.5) is 20.6 Å². The van der Waals surface area contributed by atoms with Crippen molar-refractivity contribution in [2.75, 3.05) is 31.2 Å². The number of benzene rings is 2. The summed E-state index contributed by atoms with van der Waals surface area (Å²) >= 11 is 5.96. The first kappa shape index (κ1) is 20.7. The van der Waals surface area contributed by atoms with Crippen molar-refractivity contribution >= 4 is 35.0 Å². The lowest BCUT2D eigenvalue weighted by Crippen LogP contribution is -2.47. The van der Waals surface area contributed by atoms with Crippen LogP contribution in [-0.2, 0) is 10.2 Å². The summed E-state index contributed by atoms with van der Waals surface area (Å²) in [5, 5.41) is 9.47. The molecule has 5 N–H and O–H groups in total. The average Bonchev–Trinajstić information content (AvgIpc) is 2.69. The molecule has 7 nitrogen and oxygen atoms in total. The summed E-state index contributed by atoms with van der Waals surface area (Å²) in [6.07, 6.45) is -0.159. The highest BCUT2D eigenvalue weighted by molar-refractivity contribution is 6.31. The van der Waals surface area contributed by atoms with Gasteiger partial charge in [-0.2, -0.15) is 0 Å². The quantitative estimate of drug-likeness (QED) is 0.513. The van der Waals surface area contributed by atoms with E-state index in [0.717, 1.165) is 5.56 Å².